The number of hydrogen-bond donors (Lipinski definition) is 0. The van der Waals surface area contributed by atoms with Crippen molar-refractivity contribution in [3.63, 3.8) is 0 Å². The third-order valence-electron chi connectivity index (χ3n) is 2.73. The molecule has 2 atom stereocenters. The average molecular weight is 248 g/mol. The van der Waals surface area contributed by atoms with Gasteiger partial charge in [0.1, 0.15) is 0 Å². The Morgan fingerprint density at radius 1 is 1.08 bits per heavy atom. The summed E-state index contributed by atoms with van der Waals surface area (Å²) in [6.07, 6.45) is 5.29. The fraction of sp³-hybridized carbons (Fsp3) is 0.917. The van der Waals surface area contributed by atoms with E-state index in [2.05, 4.69) is 43.6 Å². The Bertz CT molecular complexity index is 110. The summed E-state index contributed by atoms with van der Waals surface area (Å²) < 4.78 is 0. The highest BCUT2D eigenvalue weighted by Gasteiger charge is 2.11. The molecule has 0 amide bonds. The lowest BCUT2D eigenvalue weighted by Crippen LogP contribution is -2.09. The van der Waals surface area contributed by atoms with Crippen molar-refractivity contribution in [3.8, 4) is 0 Å². The van der Waals surface area contributed by atoms with Crippen LogP contribution in [0.1, 0.15) is 46.5 Å². The van der Waals surface area contributed by atoms with Gasteiger partial charge < -0.3 is 0 Å². The van der Waals surface area contributed by atoms with E-state index in [1.54, 1.807) is 0 Å². The Morgan fingerprint density at radius 3 is 2.15 bits per heavy atom. The van der Waals surface area contributed by atoms with E-state index >= 15 is 0 Å². The highest BCUT2D eigenvalue weighted by Crippen LogP contribution is 2.22. The number of alkyl halides is 1. The van der Waals surface area contributed by atoms with Crippen molar-refractivity contribution in [2.24, 2.45) is 17.8 Å². The van der Waals surface area contributed by atoms with Gasteiger partial charge in [0.25, 0.3) is 0 Å². The number of rotatable bonds is 7. The van der Waals surface area contributed by atoms with Crippen LogP contribution >= 0.6 is 15.9 Å². The fourth-order valence-corrected chi connectivity index (χ4v) is 2.10. The predicted octanol–water partition coefficient (Wildman–Crippen LogP) is 4.68. The van der Waals surface area contributed by atoms with Crippen LogP contribution in [-0.2, 0) is 0 Å². The van der Waals surface area contributed by atoms with Crippen molar-refractivity contribution in [2.45, 2.75) is 46.5 Å². The van der Waals surface area contributed by atoms with Crippen molar-refractivity contribution in [3.05, 3.63) is 6.92 Å². The molecule has 0 rings (SSSR count). The van der Waals surface area contributed by atoms with Gasteiger partial charge in [-0.3, -0.25) is 0 Å². The zero-order valence-electron chi connectivity index (χ0n) is 9.35. The summed E-state index contributed by atoms with van der Waals surface area (Å²) in [5.41, 5.74) is 0. The maximum Gasteiger partial charge on any atom is 0.00340 e. The molecule has 0 aliphatic rings. The Labute approximate surface area is 92.6 Å². The molecule has 2 unspecified atom stereocenters. The number of hydrogen-bond acceptors (Lipinski definition) is 0. The molecule has 0 N–H and O–H groups in total. The highest BCUT2D eigenvalue weighted by atomic mass is 79.9. The van der Waals surface area contributed by atoms with E-state index in [1.165, 1.54) is 25.7 Å². The second kappa shape index (κ2) is 7.84. The van der Waals surface area contributed by atoms with Crippen LogP contribution in [0.2, 0.25) is 0 Å². The van der Waals surface area contributed by atoms with Gasteiger partial charge in [-0.05, 0) is 31.1 Å². The van der Waals surface area contributed by atoms with Gasteiger partial charge in [-0.1, -0.05) is 56.0 Å². The van der Waals surface area contributed by atoms with E-state index in [9.17, 15) is 0 Å². The first-order valence-corrected chi connectivity index (χ1v) is 6.59. The molecule has 0 aliphatic carbocycles. The van der Waals surface area contributed by atoms with Crippen LogP contribution in [0.15, 0.2) is 0 Å². The molecule has 0 spiro atoms. The summed E-state index contributed by atoms with van der Waals surface area (Å²) in [4.78, 5) is 0. The van der Waals surface area contributed by atoms with Crippen LogP contribution in [0.25, 0.3) is 0 Å². The van der Waals surface area contributed by atoms with Gasteiger partial charge in [-0.2, -0.15) is 0 Å². The fourth-order valence-electron chi connectivity index (χ4n) is 1.51. The third kappa shape index (κ3) is 7.54. The lowest BCUT2D eigenvalue weighted by molar-refractivity contribution is 0.366. The van der Waals surface area contributed by atoms with Crippen LogP contribution < -0.4 is 0 Å². The molecular weight excluding hydrogens is 224 g/mol. The molecule has 0 fully saturated rings. The molecule has 0 aromatic heterocycles. The molecular formula is C12H24Br. The normalized spacial score (nSPS) is 16.2. The first-order chi connectivity index (χ1) is 6.07. The lowest BCUT2D eigenvalue weighted by Gasteiger charge is -2.19. The minimum absolute atomic E-state index is 0.631. The van der Waals surface area contributed by atoms with Crippen molar-refractivity contribution in [1.82, 2.24) is 0 Å². The summed E-state index contributed by atoms with van der Waals surface area (Å²) in [5.74, 6) is 2.27. The average Bonchev–Trinajstić information content (AvgIpc) is 2.04. The summed E-state index contributed by atoms with van der Waals surface area (Å²) >= 11 is 3.47. The smallest absolute Gasteiger partial charge is 0.00340 e. The minimum Gasteiger partial charge on any atom is -0.0928 e. The zero-order valence-corrected chi connectivity index (χ0v) is 10.9. The Morgan fingerprint density at radius 2 is 1.69 bits per heavy atom. The van der Waals surface area contributed by atoms with Gasteiger partial charge in [-0.15, -0.1) is 0 Å². The van der Waals surface area contributed by atoms with E-state index in [1.807, 2.05) is 0 Å². The lowest BCUT2D eigenvalue weighted by atomic mass is 9.88. The molecule has 1 heteroatoms. The SMILES string of the molecule is [CH2]C(CCBr)C(C)CCCC(C)C. The monoisotopic (exact) mass is 247 g/mol. The predicted molar refractivity (Wildman–Crippen MR) is 65.1 cm³/mol. The zero-order chi connectivity index (χ0) is 10.3. The molecule has 13 heavy (non-hydrogen) atoms. The van der Waals surface area contributed by atoms with Crippen LogP contribution in [-0.4, -0.2) is 5.33 Å². The molecule has 0 aliphatic heterocycles. The summed E-state index contributed by atoms with van der Waals surface area (Å²) in [6, 6.07) is 0. The molecule has 0 heterocycles. The van der Waals surface area contributed by atoms with E-state index in [4.69, 9.17) is 0 Å². The molecule has 1 radical (unpaired) electrons. The van der Waals surface area contributed by atoms with Crippen LogP contribution in [0, 0.1) is 24.7 Å². The molecule has 0 bridgehead atoms. The standard InChI is InChI=1S/C12H24Br/c1-10(2)6-5-7-11(3)12(4)8-9-13/h10-12H,4-9H2,1-3H3. The Hall–Kier alpha value is 0.480. The Balaban J connectivity index is 3.43. The van der Waals surface area contributed by atoms with Crippen LogP contribution in [0.5, 0.6) is 0 Å². The summed E-state index contributed by atoms with van der Waals surface area (Å²) in [7, 11) is 0. The first-order valence-electron chi connectivity index (χ1n) is 5.47. The molecule has 0 nitrogen and oxygen atoms in total. The topological polar surface area (TPSA) is 0 Å². The van der Waals surface area contributed by atoms with Crippen molar-refractivity contribution < 1.29 is 0 Å². The van der Waals surface area contributed by atoms with E-state index < -0.39 is 0 Å². The summed E-state index contributed by atoms with van der Waals surface area (Å²) in [6.45, 7) is 11.1. The number of halogens is 1. The third-order valence-corrected chi connectivity index (χ3v) is 3.18. The second-order valence-electron chi connectivity index (χ2n) is 4.54. The maximum atomic E-state index is 4.20. The van der Waals surface area contributed by atoms with Crippen LogP contribution in [0.3, 0.4) is 0 Å². The van der Waals surface area contributed by atoms with Gasteiger partial charge >= 0.3 is 0 Å². The van der Waals surface area contributed by atoms with Crippen molar-refractivity contribution >= 4 is 15.9 Å². The molecule has 0 aromatic carbocycles. The van der Waals surface area contributed by atoms with Crippen LogP contribution in [0.4, 0.5) is 0 Å². The van der Waals surface area contributed by atoms with E-state index in [0.717, 1.165) is 17.2 Å². The van der Waals surface area contributed by atoms with Gasteiger partial charge in [0.2, 0.25) is 0 Å². The molecule has 0 saturated heterocycles. The van der Waals surface area contributed by atoms with E-state index in [-0.39, 0.29) is 0 Å². The van der Waals surface area contributed by atoms with Gasteiger partial charge in [-0.25, -0.2) is 0 Å². The molecule has 0 aromatic rings. The van der Waals surface area contributed by atoms with Crippen molar-refractivity contribution in [1.29, 1.82) is 0 Å². The highest BCUT2D eigenvalue weighted by molar-refractivity contribution is 9.09. The van der Waals surface area contributed by atoms with E-state index in [0.29, 0.717) is 5.92 Å². The van der Waals surface area contributed by atoms with Gasteiger partial charge in [0.05, 0.1) is 0 Å². The maximum absolute atomic E-state index is 4.20. The van der Waals surface area contributed by atoms with Crippen molar-refractivity contribution in [2.75, 3.05) is 5.33 Å². The summed E-state index contributed by atoms with van der Waals surface area (Å²) in [5, 5.41) is 1.09. The molecule has 0 saturated carbocycles. The Kier molecular flexibility index (Phi) is 8.13. The molecule has 79 valence electrons. The quantitative estimate of drug-likeness (QED) is 0.573. The first kappa shape index (κ1) is 13.5. The second-order valence-corrected chi connectivity index (χ2v) is 5.33. The largest absolute Gasteiger partial charge is 0.0928 e. The van der Waals surface area contributed by atoms with Gasteiger partial charge in [0.15, 0.2) is 0 Å². The minimum atomic E-state index is 0.631. The van der Waals surface area contributed by atoms with Gasteiger partial charge in [0, 0.05) is 5.33 Å².